The summed E-state index contributed by atoms with van der Waals surface area (Å²) in [6.45, 7) is -2.85. The fourth-order valence-corrected chi connectivity index (χ4v) is 2.71. The number of benzene rings is 2. The molecule has 0 bridgehead atoms. The van der Waals surface area contributed by atoms with Gasteiger partial charge in [0.05, 0.1) is 22.3 Å². The second kappa shape index (κ2) is 8.13. The van der Waals surface area contributed by atoms with Gasteiger partial charge in [0.25, 0.3) is 5.56 Å². The van der Waals surface area contributed by atoms with E-state index in [4.69, 9.17) is 11.6 Å². The molecule has 0 saturated heterocycles. The number of aryl methyl sites for hydroxylation is 1. The first-order chi connectivity index (χ1) is 12.9. The molecule has 0 fully saturated rings. The molecule has 1 N–H and O–H groups in total. The number of hydrogen-bond donors (Lipinski definition) is 1. The molecule has 0 aliphatic heterocycles. The Bertz CT molecular complexity index is 1040. The third-order valence-electron chi connectivity index (χ3n) is 3.74. The number of nitrogens with zero attached hydrogens (tertiary/aromatic N) is 2. The summed E-state index contributed by atoms with van der Waals surface area (Å²) in [5.41, 5.74) is 0.685. The van der Waals surface area contributed by atoms with Crippen LogP contribution >= 0.6 is 11.6 Å². The number of anilines is 1. The molecule has 6 nitrogen and oxygen atoms in total. The fraction of sp³-hybridized carbons (Fsp3) is 0.167. The third-order valence-corrected chi connectivity index (χ3v) is 4.04. The molecule has 1 heterocycles. The molecule has 0 spiro atoms. The van der Waals surface area contributed by atoms with Crippen molar-refractivity contribution in [3.63, 3.8) is 0 Å². The average molecular weight is 394 g/mol. The molecule has 0 aliphatic carbocycles. The summed E-state index contributed by atoms with van der Waals surface area (Å²) in [5.74, 6) is -0.549. The zero-order valence-electron chi connectivity index (χ0n) is 13.9. The van der Waals surface area contributed by atoms with Crippen molar-refractivity contribution in [3.8, 4) is 5.75 Å². The maximum atomic E-state index is 12.4. The SMILES string of the molecule is O=C(CCn1cnc2ccccc2c1=O)Nc1ccc(OC(F)F)c(Cl)c1. The van der Waals surface area contributed by atoms with Gasteiger partial charge in [-0.2, -0.15) is 8.78 Å². The van der Waals surface area contributed by atoms with Crippen LogP contribution in [0.5, 0.6) is 5.75 Å². The number of nitrogens with one attached hydrogen (secondary N) is 1. The number of amides is 1. The number of halogens is 3. The number of hydrogen-bond acceptors (Lipinski definition) is 4. The topological polar surface area (TPSA) is 73.2 Å². The van der Waals surface area contributed by atoms with Gasteiger partial charge in [0.1, 0.15) is 5.75 Å². The van der Waals surface area contributed by atoms with Crippen molar-refractivity contribution in [2.45, 2.75) is 19.6 Å². The van der Waals surface area contributed by atoms with E-state index >= 15 is 0 Å². The van der Waals surface area contributed by atoms with E-state index in [9.17, 15) is 18.4 Å². The summed E-state index contributed by atoms with van der Waals surface area (Å²) < 4.78 is 30.0. The lowest BCUT2D eigenvalue weighted by molar-refractivity contribution is -0.116. The largest absolute Gasteiger partial charge is 0.433 e. The highest BCUT2D eigenvalue weighted by Crippen LogP contribution is 2.28. The second-order valence-corrected chi connectivity index (χ2v) is 5.99. The van der Waals surface area contributed by atoms with Crippen LogP contribution in [-0.4, -0.2) is 22.1 Å². The number of rotatable bonds is 6. The Morgan fingerprint density at radius 3 is 2.78 bits per heavy atom. The summed E-state index contributed by atoms with van der Waals surface area (Å²) in [4.78, 5) is 28.6. The minimum Gasteiger partial charge on any atom is -0.433 e. The van der Waals surface area contributed by atoms with E-state index in [1.165, 1.54) is 29.1 Å². The zero-order valence-corrected chi connectivity index (χ0v) is 14.6. The van der Waals surface area contributed by atoms with E-state index < -0.39 is 6.61 Å². The van der Waals surface area contributed by atoms with E-state index in [2.05, 4.69) is 15.0 Å². The smallest absolute Gasteiger partial charge is 0.387 e. The first kappa shape index (κ1) is 18.8. The molecular weight excluding hydrogens is 380 g/mol. The van der Waals surface area contributed by atoms with Gasteiger partial charge >= 0.3 is 6.61 Å². The number of para-hydroxylation sites is 1. The van der Waals surface area contributed by atoms with E-state index in [1.807, 2.05) is 0 Å². The Morgan fingerprint density at radius 1 is 1.26 bits per heavy atom. The van der Waals surface area contributed by atoms with Gasteiger partial charge in [0.15, 0.2) is 0 Å². The van der Waals surface area contributed by atoms with Crippen LogP contribution in [0.2, 0.25) is 5.02 Å². The van der Waals surface area contributed by atoms with Crippen molar-refractivity contribution < 1.29 is 18.3 Å². The molecule has 0 saturated carbocycles. The highest BCUT2D eigenvalue weighted by atomic mass is 35.5. The number of alkyl halides is 2. The number of carbonyl (C=O) groups excluding carboxylic acids is 1. The van der Waals surface area contributed by atoms with Gasteiger partial charge < -0.3 is 10.1 Å². The predicted octanol–water partition coefficient (Wildman–Crippen LogP) is 3.68. The van der Waals surface area contributed by atoms with E-state index in [0.717, 1.165) is 0 Å². The number of aromatic nitrogens is 2. The highest BCUT2D eigenvalue weighted by molar-refractivity contribution is 6.32. The molecule has 9 heteroatoms. The summed E-state index contributed by atoms with van der Waals surface area (Å²) in [7, 11) is 0. The lowest BCUT2D eigenvalue weighted by Crippen LogP contribution is -2.23. The Kier molecular flexibility index (Phi) is 5.66. The molecule has 0 unspecified atom stereocenters. The van der Waals surface area contributed by atoms with E-state index in [-0.39, 0.29) is 35.2 Å². The van der Waals surface area contributed by atoms with Crippen molar-refractivity contribution in [2.24, 2.45) is 0 Å². The van der Waals surface area contributed by atoms with Crippen LogP contribution in [0.3, 0.4) is 0 Å². The van der Waals surface area contributed by atoms with Crippen LogP contribution < -0.4 is 15.6 Å². The molecule has 0 atom stereocenters. The van der Waals surface area contributed by atoms with Crippen LogP contribution in [0.25, 0.3) is 10.9 Å². The lowest BCUT2D eigenvalue weighted by Gasteiger charge is -2.10. The molecule has 2 aromatic carbocycles. The van der Waals surface area contributed by atoms with Crippen LogP contribution in [-0.2, 0) is 11.3 Å². The van der Waals surface area contributed by atoms with Crippen molar-refractivity contribution in [1.82, 2.24) is 9.55 Å². The van der Waals surface area contributed by atoms with Gasteiger partial charge in [-0.05, 0) is 30.3 Å². The molecule has 140 valence electrons. The van der Waals surface area contributed by atoms with Gasteiger partial charge in [-0.25, -0.2) is 4.98 Å². The number of fused-ring (bicyclic) bond motifs is 1. The minimum atomic E-state index is -2.99. The quantitative estimate of drug-likeness (QED) is 0.693. The first-order valence-electron chi connectivity index (χ1n) is 7.92. The Hall–Kier alpha value is -3.00. The van der Waals surface area contributed by atoms with Crippen molar-refractivity contribution in [1.29, 1.82) is 0 Å². The van der Waals surface area contributed by atoms with E-state index in [0.29, 0.717) is 16.6 Å². The van der Waals surface area contributed by atoms with Gasteiger partial charge in [-0.15, -0.1) is 0 Å². The van der Waals surface area contributed by atoms with Crippen LogP contribution in [0, 0.1) is 0 Å². The summed E-state index contributed by atoms with van der Waals surface area (Å²) in [5, 5.41) is 3.01. The van der Waals surface area contributed by atoms with Gasteiger partial charge in [-0.1, -0.05) is 23.7 Å². The molecular formula is C18H14ClF2N3O3. The molecule has 3 rings (SSSR count). The van der Waals surface area contributed by atoms with Crippen molar-refractivity contribution >= 4 is 34.1 Å². The van der Waals surface area contributed by atoms with Crippen molar-refractivity contribution in [3.05, 3.63) is 64.2 Å². The van der Waals surface area contributed by atoms with Gasteiger partial charge in [0, 0.05) is 18.7 Å². The predicted molar refractivity (Wildman–Crippen MR) is 97.3 cm³/mol. The molecule has 1 amide bonds. The molecule has 0 aliphatic rings. The lowest BCUT2D eigenvalue weighted by atomic mass is 10.2. The molecule has 3 aromatic rings. The van der Waals surface area contributed by atoms with Crippen LogP contribution in [0.15, 0.2) is 53.6 Å². The summed E-state index contributed by atoms with van der Waals surface area (Å²) in [6, 6.07) is 10.9. The van der Waals surface area contributed by atoms with Gasteiger partial charge in [-0.3, -0.25) is 14.2 Å². The Morgan fingerprint density at radius 2 is 2.04 bits per heavy atom. The zero-order chi connectivity index (χ0) is 19.4. The van der Waals surface area contributed by atoms with E-state index in [1.54, 1.807) is 24.3 Å². The Labute approximate surface area is 157 Å². The van der Waals surface area contributed by atoms with Crippen molar-refractivity contribution in [2.75, 3.05) is 5.32 Å². The van der Waals surface area contributed by atoms with Crippen LogP contribution in [0.1, 0.15) is 6.42 Å². The number of ether oxygens (including phenoxy) is 1. The summed E-state index contributed by atoms with van der Waals surface area (Å²) in [6.07, 6.45) is 1.41. The summed E-state index contributed by atoms with van der Waals surface area (Å²) >= 11 is 5.84. The third kappa shape index (κ3) is 4.59. The maximum Gasteiger partial charge on any atom is 0.387 e. The molecule has 27 heavy (non-hydrogen) atoms. The minimum absolute atomic E-state index is 0.0207. The highest BCUT2D eigenvalue weighted by Gasteiger charge is 2.11. The van der Waals surface area contributed by atoms with Gasteiger partial charge in [0.2, 0.25) is 5.91 Å². The molecule has 0 radical (unpaired) electrons. The van der Waals surface area contributed by atoms with Crippen LogP contribution in [0.4, 0.5) is 14.5 Å². The standard InChI is InChI=1S/C18H14ClF2N3O3/c19-13-9-11(5-6-15(13)27-18(20)21)23-16(25)7-8-24-10-22-14-4-2-1-3-12(14)17(24)26/h1-6,9-10,18H,7-8H2,(H,23,25). The monoisotopic (exact) mass is 393 g/mol. The average Bonchev–Trinajstić information content (AvgIpc) is 2.63. The first-order valence-corrected chi connectivity index (χ1v) is 8.30. The Balaban J connectivity index is 1.64. The number of carbonyl (C=O) groups is 1. The maximum absolute atomic E-state index is 12.4. The molecule has 1 aromatic heterocycles. The fourth-order valence-electron chi connectivity index (χ4n) is 2.48. The normalized spacial score (nSPS) is 11.0. The second-order valence-electron chi connectivity index (χ2n) is 5.58.